The minimum Gasteiger partial charge on any atom is -0.478 e. The van der Waals surface area contributed by atoms with Crippen LogP contribution >= 0.6 is 12.4 Å². The summed E-state index contributed by atoms with van der Waals surface area (Å²) in [5, 5.41) is 7.77. The smallest absolute Gasteiger partial charge is 0.276 e. The van der Waals surface area contributed by atoms with Gasteiger partial charge in [-0.15, -0.1) is 12.4 Å². The molecule has 0 spiro atoms. The Morgan fingerprint density at radius 3 is 2.70 bits per heavy atom. The number of anilines is 2. The van der Waals surface area contributed by atoms with Crippen LogP contribution in [0.15, 0.2) is 36.8 Å². The van der Waals surface area contributed by atoms with Crippen molar-refractivity contribution in [2.24, 2.45) is 5.14 Å². The number of nitrogens with one attached hydrogen (secondary N) is 2. The lowest BCUT2D eigenvalue weighted by Gasteiger charge is -2.34. The Morgan fingerprint density at radius 1 is 1.30 bits per heavy atom. The number of imidazole rings is 1. The zero-order valence-corrected chi connectivity index (χ0v) is 19.2. The number of benzene rings is 1. The third kappa shape index (κ3) is 5.68. The highest BCUT2D eigenvalue weighted by Gasteiger charge is 2.24. The maximum Gasteiger partial charge on any atom is 0.276 e. The first-order chi connectivity index (χ1) is 15.2. The third-order valence-electron chi connectivity index (χ3n) is 5.14. The number of aromatic nitrogens is 3. The van der Waals surface area contributed by atoms with Crippen molar-refractivity contribution in [3.63, 3.8) is 0 Å². The lowest BCUT2D eigenvalue weighted by atomic mass is 10.0. The number of ether oxygens (including phenoxy) is 1. The molecule has 3 heterocycles. The van der Waals surface area contributed by atoms with E-state index in [1.807, 2.05) is 4.90 Å². The van der Waals surface area contributed by atoms with Gasteiger partial charge in [0.05, 0.1) is 18.5 Å². The molecule has 0 atom stereocenters. The molecule has 33 heavy (non-hydrogen) atoms. The largest absolute Gasteiger partial charge is 0.478 e. The SMILES string of the molecule is COc1nc(C(=O)Nc2cc(F)ccc2N2CCC(NS(N)(=O)=O)CC2)cn2ccnc12.Cl. The molecule has 14 heteroatoms. The summed E-state index contributed by atoms with van der Waals surface area (Å²) in [6.45, 7) is 0.990. The number of piperidine rings is 1. The highest BCUT2D eigenvalue weighted by Crippen LogP contribution is 2.30. The molecule has 4 rings (SSSR count). The number of hydrogen-bond acceptors (Lipinski definition) is 7. The molecule has 0 unspecified atom stereocenters. The minimum atomic E-state index is -3.78. The Kier molecular flexibility index (Phi) is 7.37. The fourth-order valence-corrected chi connectivity index (χ4v) is 4.39. The van der Waals surface area contributed by atoms with Gasteiger partial charge in [0.25, 0.3) is 22.0 Å². The Balaban J connectivity index is 0.00000306. The lowest BCUT2D eigenvalue weighted by Crippen LogP contribution is -2.46. The molecule has 4 N–H and O–H groups in total. The van der Waals surface area contributed by atoms with Gasteiger partial charge in [-0.3, -0.25) is 4.79 Å². The number of amides is 1. The predicted octanol–water partition coefficient (Wildman–Crippen LogP) is 1.31. The van der Waals surface area contributed by atoms with Gasteiger partial charge in [0.2, 0.25) is 0 Å². The summed E-state index contributed by atoms with van der Waals surface area (Å²) < 4.78 is 45.7. The quantitative estimate of drug-likeness (QED) is 0.463. The number of carbonyl (C=O) groups excluding carboxylic acids is 1. The van der Waals surface area contributed by atoms with Crippen LogP contribution in [-0.4, -0.2) is 54.9 Å². The molecular formula is C19H23ClFN7O4S. The van der Waals surface area contributed by atoms with Gasteiger partial charge < -0.3 is 19.4 Å². The maximum absolute atomic E-state index is 14.0. The Labute approximate surface area is 195 Å². The van der Waals surface area contributed by atoms with E-state index in [9.17, 15) is 17.6 Å². The first-order valence-corrected chi connectivity index (χ1v) is 11.3. The van der Waals surface area contributed by atoms with Crippen molar-refractivity contribution in [2.45, 2.75) is 18.9 Å². The summed E-state index contributed by atoms with van der Waals surface area (Å²) >= 11 is 0. The van der Waals surface area contributed by atoms with Crippen LogP contribution in [0.3, 0.4) is 0 Å². The molecule has 11 nitrogen and oxygen atoms in total. The summed E-state index contributed by atoms with van der Waals surface area (Å²) in [5.41, 5.74) is 1.42. The van der Waals surface area contributed by atoms with E-state index in [1.54, 1.807) is 22.9 Å². The van der Waals surface area contributed by atoms with Crippen molar-refractivity contribution >= 4 is 45.5 Å². The molecule has 2 aromatic heterocycles. The lowest BCUT2D eigenvalue weighted by molar-refractivity contribution is 0.102. The number of hydrogen-bond donors (Lipinski definition) is 3. The normalized spacial score (nSPS) is 14.7. The van der Waals surface area contributed by atoms with Crippen LogP contribution in [0.25, 0.3) is 5.65 Å². The van der Waals surface area contributed by atoms with Crippen LogP contribution < -0.4 is 24.8 Å². The zero-order chi connectivity index (χ0) is 22.9. The first-order valence-electron chi connectivity index (χ1n) is 9.77. The third-order valence-corrected chi connectivity index (χ3v) is 5.80. The van der Waals surface area contributed by atoms with Crippen LogP contribution in [0.5, 0.6) is 5.88 Å². The average Bonchev–Trinajstić information content (AvgIpc) is 3.21. The molecule has 1 amide bonds. The minimum absolute atomic E-state index is 0. The van der Waals surface area contributed by atoms with Crippen LogP contribution in [0, 0.1) is 5.82 Å². The molecule has 0 aliphatic carbocycles. The van der Waals surface area contributed by atoms with E-state index < -0.39 is 21.9 Å². The van der Waals surface area contributed by atoms with Crippen molar-refractivity contribution in [1.82, 2.24) is 19.1 Å². The number of fused-ring (bicyclic) bond motifs is 1. The molecule has 0 bridgehead atoms. The highest BCUT2D eigenvalue weighted by molar-refractivity contribution is 7.87. The molecular weight excluding hydrogens is 477 g/mol. The van der Waals surface area contributed by atoms with Gasteiger partial charge in [0.1, 0.15) is 11.5 Å². The molecule has 1 saturated heterocycles. The summed E-state index contributed by atoms with van der Waals surface area (Å²) in [6.07, 6.45) is 5.74. The second-order valence-corrected chi connectivity index (χ2v) is 8.66. The molecule has 1 aliphatic heterocycles. The monoisotopic (exact) mass is 499 g/mol. The van der Waals surface area contributed by atoms with E-state index in [0.717, 1.165) is 0 Å². The molecule has 0 saturated carbocycles. The topological polar surface area (TPSA) is 144 Å². The van der Waals surface area contributed by atoms with Gasteiger partial charge in [0.15, 0.2) is 5.65 Å². The molecule has 1 aliphatic rings. The number of nitrogens with two attached hydrogens (primary N) is 1. The summed E-state index contributed by atoms with van der Waals surface area (Å²) in [4.78, 5) is 23.2. The van der Waals surface area contributed by atoms with Gasteiger partial charge in [-0.25, -0.2) is 19.5 Å². The van der Waals surface area contributed by atoms with Gasteiger partial charge in [0, 0.05) is 37.7 Å². The van der Waals surface area contributed by atoms with Gasteiger partial charge >= 0.3 is 0 Å². The second-order valence-electron chi connectivity index (χ2n) is 7.33. The molecule has 1 aromatic carbocycles. The summed E-state index contributed by atoms with van der Waals surface area (Å²) in [6, 6.07) is 3.83. The maximum atomic E-state index is 14.0. The number of methoxy groups -OCH3 is 1. The van der Waals surface area contributed by atoms with E-state index in [1.165, 1.54) is 25.4 Å². The van der Waals surface area contributed by atoms with Gasteiger partial charge in [-0.1, -0.05) is 0 Å². The van der Waals surface area contributed by atoms with E-state index in [0.29, 0.717) is 37.3 Å². The van der Waals surface area contributed by atoms with Crippen molar-refractivity contribution in [3.05, 3.63) is 48.3 Å². The second kappa shape index (κ2) is 9.87. The van der Waals surface area contributed by atoms with Crippen LogP contribution in [0.4, 0.5) is 15.8 Å². The fraction of sp³-hybridized carbons (Fsp3) is 0.316. The van der Waals surface area contributed by atoms with Gasteiger partial charge in [-0.05, 0) is 31.0 Å². The number of carbonyl (C=O) groups is 1. The first kappa shape index (κ1) is 24.6. The predicted molar refractivity (Wildman–Crippen MR) is 123 cm³/mol. The van der Waals surface area contributed by atoms with E-state index in [4.69, 9.17) is 9.88 Å². The summed E-state index contributed by atoms with van der Waals surface area (Å²) in [7, 11) is -2.35. The van der Waals surface area contributed by atoms with Crippen LogP contribution in [0.1, 0.15) is 23.3 Å². The van der Waals surface area contributed by atoms with E-state index in [-0.39, 0.29) is 35.7 Å². The number of rotatable bonds is 6. The molecule has 3 aromatic rings. The Bertz CT molecular complexity index is 1260. The number of nitrogens with zero attached hydrogens (tertiary/aromatic N) is 4. The van der Waals surface area contributed by atoms with E-state index >= 15 is 0 Å². The molecule has 178 valence electrons. The van der Waals surface area contributed by atoms with Crippen molar-refractivity contribution in [1.29, 1.82) is 0 Å². The average molecular weight is 500 g/mol. The number of halogens is 2. The molecule has 0 radical (unpaired) electrons. The zero-order valence-electron chi connectivity index (χ0n) is 17.6. The van der Waals surface area contributed by atoms with Gasteiger partial charge in [-0.2, -0.15) is 13.1 Å². The summed E-state index contributed by atoms with van der Waals surface area (Å²) in [5.74, 6) is -0.867. The van der Waals surface area contributed by atoms with Crippen LogP contribution in [0.2, 0.25) is 0 Å². The molecule has 1 fully saturated rings. The Morgan fingerprint density at radius 2 is 2.03 bits per heavy atom. The van der Waals surface area contributed by atoms with E-state index in [2.05, 4.69) is 20.0 Å². The highest BCUT2D eigenvalue weighted by atomic mass is 35.5. The Hall–Kier alpha value is -3.00. The van der Waals surface area contributed by atoms with Crippen LogP contribution in [-0.2, 0) is 10.2 Å². The van der Waals surface area contributed by atoms with Crippen molar-refractivity contribution < 1.29 is 22.3 Å². The van der Waals surface area contributed by atoms with Crippen molar-refractivity contribution in [2.75, 3.05) is 30.4 Å². The van der Waals surface area contributed by atoms with Crippen molar-refractivity contribution in [3.8, 4) is 5.88 Å². The standard InChI is InChI=1S/C19H22FN7O4S.ClH/c1-31-19-17-22-6-9-27(17)11-15(24-19)18(28)23-14-10-12(20)2-3-16(14)26-7-4-13(5-8-26)25-32(21,29)30;/h2-3,6,9-11,13,25H,4-5,7-8H2,1H3,(H,23,28)(H2,21,29,30);1H. The fourth-order valence-electron chi connectivity index (χ4n) is 3.69.